The van der Waals surface area contributed by atoms with Gasteiger partial charge in [-0.15, -0.1) is 0 Å². The number of benzene rings is 2. The Labute approximate surface area is 207 Å². The quantitative estimate of drug-likeness (QED) is 0.399. The second kappa shape index (κ2) is 10.6. The number of H-pyrrole nitrogens is 1. The Balaban J connectivity index is 1.26. The SMILES string of the molecule is CC1CCCCC1NC(=O)c1ccc2nc(-c3ccc(C(=O)NC4CCCCCC4)cc3)[nH]c2c1. The summed E-state index contributed by atoms with van der Waals surface area (Å²) >= 11 is 0. The number of fused-ring (bicyclic) bond motifs is 1. The number of aromatic nitrogens is 2. The second-order valence-electron chi connectivity index (χ2n) is 10.4. The number of nitrogens with one attached hydrogen (secondary N) is 3. The van der Waals surface area contributed by atoms with Gasteiger partial charge < -0.3 is 15.6 Å². The zero-order valence-corrected chi connectivity index (χ0v) is 20.6. The Morgan fingerprint density at radius 1 is 0.800 bits per heavy atom. The molecule has 2 fully saturated rings. The van der Waals surface area contributed by atoms with Gasteiger partial charge in [-0.3, -0.25) is 9.59 Å². The molecule has 2 aromatic carbocycles. The molecule has 2 saturated carbocycles. The molecular weight excluding hydrogens is 436 g/mol. The normalized spacial score (nSPS) is 21.4. The minimum Gasteiger partial charge on any atom is -0.349 e. The van der Waals surface area contributed by atoms with Crippen molar-refractivity contribution >= 4 is 22.8 Å². The van der Waals surface area contributed by atoms with E-state index in [0.29, 0.717) is 17.0 Å². The van der Waals surface area contributed by atoms with Crippen LogP contribution in [0.15, 0.2) is 42.5 Å². The number of hydrogen-bond donors (Lipinski definition) is 3. The van der Waals surface area contributed by atoms with Crippen LogP contribution in [0.1, 0.15) is 91.8 Å². The highest BCUT2D eigenvalue weighted by Crippen LogP contribution is 2.25. The molecule has 0 aliphatic heterocycles. The van der Waals surface area contributed by atoms with Gasteiger partial charge in [-0.2, -0.15) is 0 Å². The highest BCUT2D eigenvalue weighted by molar-refractivity contribution is 5.98. The Morgan fingerprint density at radius 2 is 1.46 bits per heavy atom. The number of aromatic amines is 1. The Hall–Kier alpha value is -3.15. The molecule has 1 heterocycles. The van der Waals surface area contributed by atoms with Crippen LogP contribution < -0.4 is 10.6 Å². The van der Waals surface area contributed by atoms with Crippen molar-refractivity contribution in [2.24, 2.45) is 5.92 Å². The highest BCUT2D eigenvalue weighted by Gasteiger charge is 2.23. The summed E-state index contributed by atoms with van der Waals surface area (Å²) in [5, 5.41) is 6.43. The Morgan fingerprint density at radius 3 is 2.20 bits per heavy atom. The molecule has 0 bridgehead atoms. The minimum atomic E-state index is -0.0224. The third-order valence-corrected chi connectivity index (χ3v) is 7.78. The molecule has 0 saturated heterocycles. The minimum absolute atomic E-state index is 0.00371. The topological polar surface area (TPSA) is 86.9 Å². The van der Waals surface area contributed by atoms with Gasteiger partial charge in [0.1, 0.15) is 5.82 Å². The molecule has 2 aliphatic rings. The number of hydrogen-bond acceptors (Lipinski definition) is 3. The van der Waals surface area contributed by atoms with E-state index in [1.807, 2.05) is 42.5 Å². The predicted octanol–water partition coefficient (Wildman–Crippen LogP) is 5.99. The van der Waals surface area contributed by atoms with Gasteiger partial charge in [0.05, 0.1) is 11.0 Å². The van der Waals surface area contributed by atoms with Crippen molar-refractivity contribution in [1.29, 1.82) is 0 Å². The van der Waals surface area contributed by atoms with Crippen molar-refractivity contribution in [3.05, 3.63) is 53.6 Å². The van der Waals surface area contributed by atoms with Gasteiger partial charge >= 0.3 is 0 Å². The van der Waals surface area contributed by atoms with Crippen LogP contribution in [0.4, 0.5) is 0 Å². The van der Waals surface area contributed by atoms with Crippen molar-refractivity contribution in [3.8, 4) is 11.4 Å². The van der Waals surface area contributed by atoms with Gasteiger partial charge in [0.2, 0.25) is 0 Å². The third kappa shape index (κ3) is 5.58. The molecule has 2 atom stereocenters. The number of amides is 2. The van der Waals surface area contributed by atoms with Gasteiger partial charge in [0.15, 0.2) is 0 Å². The molecule has 35 heavy (non-hydrogen) atoms. The van der Waals surface area contributed by atoms with Crippen molar-refractivity contribution in [3.63, 3.8) is 0 Å². The Kier molecular flexibility index (Phi) is 7.16. The first-order valence-corrected chi connectivity index (χ1v) is 13.3. The standard InChI is InChI=1S/C29H36N4O2/c1-19-8-6-7-11-24(19)33-29(35)22-16-17-25-26(18-22)32-27(31-25)20-12-14-21(15-13-20)28(34)30-23-9-4-2-3-5-10-23/h12-19,23-24H,2-11H2,1H3,(H,30,34)(H,31,32)(H,33,35). The van der Waals surface area contributed by atoms with Crippen molar-refractivity contribution in [2.45, 2.75) is 83.2 Å². The van der Waals surface area contributed by atoms with Gasteiger partial charge in [-0.1, -0.05) is 57.6 Å². The van der Waals surface area contributed by atoms with E-state index in [1.165, 1.54) is 44.9 Å². The van der Waals surface area contributed by atoms with Gasteiger partial charge in [0.25, 0.3) is 11.8 Å². The molecule has 2 unspecified atom stereocenters. The van der Waals surface area contributed by atoms with E-state index in [2.05, 4.69) is 22.5 Å². The lowest BCUT2D eigenvalue weighted by Crippen LogP contribution is -2.41. The van der Waals surface area contributed by atoms with Crippen LogP contribution in [0.2, 0.25) is 0 Å². The van der Waals surface area contributed by atoms with E-state index in [4.69, 9.17) is 4.98 Å². The summed E-state index contributed by atoms with van der Waals surface area (Å²) in [6, 6.07) is 13.7. The van der Waals surface area contributed by atoms with Crippen LogP contribution in [-0.4, -0.2) is 33.9 Å². The van der Waals surface area contributed by atoms with E-state index in [-0.39, 0.29) is 23.9 Å². The fraction of sp³-hybridized carbons (Fsp3) is 0.483. The van der Waals surface area contributed by atoms with Crippen LogP contribution in [0.25, 0.3) is 22.4 Å². The van der Waals surface area contributed by atoms with E-state index in [9.17, 15) is 9.59 Å². The fourth-order valence-electron chi connectivity index (χ4n) is 5.54. The summed E-state index contributed by atoms with van der Waals surface area (Å²) in [5.41, 5.74) is 3.88. The van der Waals surface area contributed by atoms with Gasteiger partial charge in [-0.25, -0.2) is 4.98 Å². The molecule has 2 aliphatic carbocycles. The van der Waals surface area contributed by atoms with E-state index < -0.39 is 0 Å². The van der Waals surface area contributed by atoms with E-state index in [1.54, 1.807) is 0 Å². The van der Waals surface area contributed by atoms with Gasteiger partial charge in [0, 0.05) is 28.8 Å². The Bertz CT molecular complexity index is 1180. The smallest absolute Gasteiger partial charge is 0.251 e. The number of rotatable bonds is 5. The lowest BCUT2D eigenvalue weighted by atomic mass is 9.86. The lowest BCUT2D eigenvalue weighted by Gasteiger charge is -2.29. The molecule has 0 radical (unpaired) electrons. The van der Waals surface area contributed by atoms with E-state index in [0.717, 1.165) is 41.7 Å². The summed E-state index contributed by atoms with van der Waals surface area (Å²) < 4.78 is 0. The molecule has 6 nitrogen and oxygen atoms in total. The average molecular weight is 473 g/mol. The van der Waals surface area contributed by atoms with Crippen molar-refractivity contribution < 1.29 is 9.59 Å². The number of nitrogens with zero attached hydrogens (tertiary/aromatic N) is 1. The van der Waals surface area contributed by atoms with Crippen LogP contribution in [0, 0.1) is 5.92 Å². The van der Waals surface area contributed by atoms with Crippen LogP contribution in [-0.2, 0) is 0 Å². The summed E-state index contributed by atoms with van der Waals surface area (Å²) in [4.78, 5) is 33.6. The average Bonchev–Trinajstić information content (AvgIpc) is 3.14. The van der Waals surface area contributed by atoms with Gasteiger partial charge in [-0.05, 0) is 61.9 Å². The maximum atomic E-state index is 12.9. The van der Waals surface area contributed by atoms with Crippen LogP contribution >= 0.6 is 0 Å². The summed E-state index contributed by atoms with van der Waals surface area (Å²) in [6.45, 7) is 2.22. The van der Waals surface area contributed by atoms with Crippen molar-refractivity contribution in [1.82, 2.24) is 20.6 Å². The first-order valence-electron chi connectivity index (χ1n) is 13.3. The molecule has 3 N–H and O–H groups in total. The lowest BCUT2D eigenvalue weighted by molar-refractivity contribution is 0.0907. The van der Waals surface area contributed by atoms with Crippen LogP contribution in [0.5, 0.6) is 0 Å². The largest absolute Gasteiger partial charge is 0.349 e. The molecule has 1 aromatic heterocycles. The molecular formula is C29H36N4O2. The maximum absolute atomic E-state index is 12.9. The molecule has 184 valence electrons. The molecule has 5 rings (SSSR count). The maximum Gasteiger partial charge on any atom is 0.251 e. The number of carbonyl (C=O) groups is 2. The first-order chi connectivity index (χ1) is 17.1. The number of carbonyl (C=O) groups excluding carboxylic acids is 2. The monoisotopic (exact) mass is 472 g/mol. The summed E-state index contributed by atoms with van der Waals surface area (Å²) in [7, 11) is 0. The summed E-state index contributed by atoms with van der Waals surface area (Å²) in [6.07, 6.45) is 11.7. The number of imidazole rings is 1. The zero-order chi connectivity index (χ0) is 24.2. The van der Waals surface area contributed by atoms with Crippen LogP contribution in [0.3, 0.4) is 0 Å². The predicted molar refractivity (Wildman–Crippen MR) is 139 cm³/mol. The molecule has 2 amide bonds. The summed E-state index contributed by atoms with van der Waals surface area (Å²) in [5.74, 6) is 1.23. The highest BCUT2D eigenvalue weighted by atomic mass is 16.2. The fourth-order valence-corrected chi connectivity index (χ4v) is 5.54. The zero-order valence-electron chi connectivity index (χ0n) is 20.6. The molecule has 0 spiro atoms. The second-order valence-corrected chi connectivity index (χ2v) is 10.4. The first kappa shape index (κ1) is 23.6. The van der Waals surface area contributed by atoms with E-state index >= 15 is 0 Å². The molecule has 3 aromatic rings. The van der Waals surface area contributed by atoms with Crippen molar-refractivity contribution in [2.75, 3.05) is 0 Å². The third-order valence-electron chi connectivity index (χ3n) is 7.78. The molecule has 6 heteroatoms.